The molecule has 0 bridgehead atoms. The molecule has 148 valence electrons. The van der Waals surface area contributed by atoms with Crippen LogP contribution in [0.2, 0.25) is 0 Å². The Kier molecular flexibility index (Phi) is 10.1. The third-order valence-corrected chi connectivity index (χ3v) is 4.96. The van der Waals surface area contributed by atoms with Gasteiger partial charge in [-0.25, -0.2) is 18.4 Å². The molecule has 27 heavy (non-hydrogen) atoms. The lowest BCUT2D eigenvalue weighted by Crippen LogP contribution is -2.07. The summed E-state index contributed by atoms with van der Waals surface area (Å²) in [5, 5.41) is 0. The molecule has 2 aromatic rings. The SMILES string of the molecule is CN(C)C=Nc1ccc(S(=O)(=O)c2ccc(N=CN(C)C)cc2)cc1.Cl.Cl. The van der Waals surface area contributed by atoms with Crippen molar-refractivity contribution in [3.8, 4) is 0 Å². The molecule has 0 aliphatic heterocycles. The quantitative estimate of drug-likeness (QED) is 0.516. The van der Waals surface area contributed by atoms with Gasteiger partial charge in [-0.05, 0) is 48.5 Å². The van der Waals surface area contributed by atoms with Crippen molar-refractivity contribution in [2.75, 3.05) is 28.2 Å². The number of aliphatic imine (C=N–C) groups is 2. The van der Waals surface area contributed by atoms with E-state index in [1.54, 1.807) is 61.2 Å². The largest absolute Gasteiger partial charge is 0.369 e. The highest BCUT2D eigenvalue weighted by atomic mass is 35.5. The fourth-order valence-electron chi connectivity index (χ4n) is 1.92. The average molecular weight is 431 g/mol. The zero-order chi connectivity index (χ0) is 18.4. The van der Waals surface area contributed by atoms with Crippen molar-refractivity contribution in [1.82, 2.24) is 9.80 Å². The summed E-state index contributed by atoms with van der Waals surface area (Å²) in [5.74, 6) is 0. The van der Waals surface area contributed by atoms with E-state index in [1.807, 2.05) is 38.0 Å². The van der Waals surface area contributed by atoms with E-state index in [4.69, 9.17) is 0 Å². The van der Waals surface area contributed by atoms with Crippen molar-refractivity contribution in [3.05, 3.63) is 48.5 Å². The van der Waals surface area contributed by atoms with E-state index >= 15 is 0 Å². The van der Waals surface area contributed by atoms with E-state index in [1.165, 1.54) is 0 Å². The van der Waals surface area contributed by atoms with Crippen molar-refractivity contribution >= 4 is 58.7 Å². The second-order valence-corrected chi connectivity index (χ2v) is 7.86. The molecule has 0 aromatic heterocycles. The number of halogens is 2. The molecule has 9 heteroatoms. The number of benzene rings is 2. The van der Waals surface area contributed by atoms with E-state index in [2.05, 4.69) is 9.98 Å². The van der Waals surface area contributed by atoms with Crippen LogP contribution >= 0.6 is 24.8 Å². The summed E-state index contributed by atoms with van der Waals surface area (Å²) in [6.07, 6.45) is 3.33. The number of hydrogen-bond donors (Lipinski definition) is 0. The van der Waals surface area contributed by atoms with Gasteiger partial charge in [0.2, 0.25) is 9.84 Å². The molecule has 0 aliphatic carbocycles. The summed E-state index contributed by atoms with van der Waals surface area (Å²) in [4.78, 5) is 12.6. The first-order valence-corrected chi connectivity index (χ1v) is 9.14. The van der Waals surface area contributed by atoms with Crippen molar-refractivity contribution in [2.24, 2.45) is 9.98 Å². The van der Waals surface area contributed by atoms with Gasteiger partial charge in [-0.2, -0.15) is 0 Å². The first-order chi connectivity index (χ1) is 11.8. The third-order valence-electron chi connectivity index (χ3n) is 3.17. The maximum atomic E-state index is 12.7. The highest BCUT2D eigenvalue weighted by molar-refractivity contribution is 7.91. The van der Waals surface area contributed by atoms with Crippen LogP contribution in [0.25, 0.3) is 0 Å². The van der Waals surface area contributed by atoms with Crippen LogP contribution in [0.1, 0.15) is 0 Å². The van der Waals surface area contributed by atoms with Gasteiger partial charge in [-0.1, -0.05) is 0 Å². The molecule has 0 radical (unpaired) electrons. The maximum absolute atomic E-state index is 12.7. The number of nitrogens with zero attached hydrogens (tertiary/aromatic N) is 4. The van der Waals surface area contributed by atoms with Gasteiger partial charge in [-0.15, -0.1) is 24.8 Å². The fourth-order valence-corrected chi connectivity index (χ4v) is 3.18. The average Bonchev–Trinajstić information content (AvgIpc) is 2.59. The molecule has 0 spiro atoms. The second-order valence-electron chi connectivity index (χ2n) is 5.91. The lowest BCUT2D eigenvalue weighted by Gasteiger charge is -2.06. The summed E-state index contributed by atoms with van der Waals surface area (Å²) in [5.41, 5.74) is 1.39. The molecule has 2 aromatic carbocycles. The maximum Gasteiger partial charge on any atom is 0.206 e. The lowest BCUT2D eigenvalue weighted by molar-refractivity contribution is 0.596. The molecule has 0 saturated heterocycles. The topological polar surface area (TPSA) is 65.3 Å². The van der Waals surface area contributed by atoms with Crippen LogP contribution in [0.4, 0.5) is 11.4 Å². The molecule has 0 amide bonds. The summed E-state index contributed by atoms with van der Waals surface area (Å²) in [7, 11) is 3.92. The van der Waals surface area contributed by atoms with Crippen LogP contribution in [-0.4, -0.2) is 59.1 Å². The highest BCUT2D eigenvalue weighted by Crippen LogP contribution is 2.25. The van der Waals surface area contributed by atoms with Crippen molar-refractivity contribution in [1.29, 1.82) is 0 Å². The molecule has 0 atom stereocenters. The molecule has 0 heterocycles. The Labute approximate surface area is 173 Å². The summed E-state index contributed by atoms with van der Waals surface area (Å²) in [6, 6.07) is 13.0. The molecule has 0 N–H and O–H groups in total. The summed E-state index contributed by atoms with van der Waals surface area (Å²) < 4.78 is 25.4. The van der Waals surface area contributed by atoms with Gasteiger partial charge in [0, 0.05) is 28.2 Å². The number of rotatable bonds is 6. The molecule has 0 fully saturated rings. The van der Waals surface area contributed by atoms with Gasteiger partial charge in [-0.3, -0.25) is 0 Å². The minimum atomic E-state index is -3.56. The Morgan fingerprint density at radius 1 is 0.667 bits per heavy atom. The molecule has 6 nitrogen and oxygen atoms in total. The number of sulfone groups is 1. The Balaban J connectivity index is 0.00000338. The lowest BCUT2D eigenvalue weighted by atomic mass is 10.3. The van der Waals surface area contributed by atoms with Crippen molar-refractivity contribution < 1.29 is 8.42 Å². The van der Waals surface area contributed by atoms with E-state index < -0.39 is 9.84 Å². The predicted molar refractivity (Wildman–Crippen MR) is 117 cm³/mol. The van der Waals surface area contributed by atoms with Crippen LogP contribution in [0.15, 0.2) is 68.3 Å². The van der Waals surface area contributed by atoms with E-state index in [-0.39, 0.29) is 34.6 Å². The summed E-state index contributed by atoms with van der Waals surface area (Å²) in [6.45, 7) is 0. The molecule has 2 rings (SSSR count). The Morgan fingerprint density at radius 2 is 0.963 bits per heavy atom. The van der Waals surface area contributed by atoms with Crippen molar-refractivity contribution in [2.45, 2.75) is 9.79 Å². The Bertz CT molecular complexity index is 796. The normalized spacial score (nSPS) is 11.1. The molecule has 0 aliphatic rings. The predicted octanol–water partition coefficient (Wildman–Crippen LogP) is 3.81. The minimum Gasteiger partial charge on any atom is -0.369 e. The Hall–Kier alpha value is -2.09. The Morgan fingerprint density at radius 3 is 1.22 bits per heavy atom. The summed E-state index contributed by atoms with van der Waals surface area (Å²) >= 11 is 0. The van der Waals surface area contributed by atoms with Crippen molar-refractivity contribution in [3.63, 3.8) is 0 Å². The van der Waals surface area contributed by atoms with Gasteiger partial charge >= 0.3 is 0 Å². The molecular formula is C18H24Cl2N4O2S. The van der Waals surface area contributed by atoms with Crippen LogP contribution in [-0.2, 0) is 9.84 Å². The highest BCUT2D eigenvalue weighted by Gasteiger charge is 2.17. The molecule has 0 unspecified atom stereocenters. The first-order valence-electron chi connectivity index (χ1n) is 7.65. The van der Waals surface area contributed by atoms with Crippen LogP contribution in [0, 0.1) is 0 Å². The standard InChI is InChI=1S/C18H22N4O2S.2ClH/c1-21(2)13-19-15-5-9-17(10-6-15)25(23,24)18-11-7-16(8-12-18)20-14-22(3)4;;/h5-14H,1-4H3;2*1H. The third kappa shape index (κ3) is 7.21. The first kappa shape index (κ1) is 24.9. The van der Waals surface area contributed by atoms with Crippen LogP contribution < -0.4 is 0 Å². The zero-order valence-corrected chi connectivity index (χ0v) is 18.1. The molecular weight excluding hydrogens is 407 g/mol. The monoisotopic (exact) mass is 430 g/mol. The second kappa shape index (κ2) is 10.9. The van der Waals surface area contributed by atoms with Gasteiger partial charge in [0.05, 0.1) is 33.8 Å². The molecule has 0 saturated carbocycles. The van der Waals surface area contributed by atoms with Gasteiger partial charge < -0.3 is 9.80 Å². The van der Waals surface area contributed by atoms with Gasteiger partial charge in [0.25, 0.3) is 0 Å². The van der Waals surface area contributed by atoms with Crippen LogP contribution in [0.5, 0.6) is 0 Å². The minimum absolute atomic E-state index is 0. The van der Waals surface area contributed by atoms with E-state index in [9.17, 15) is 8.42 Å². The van der Waals surface area contributed by atoms with E-state index in [0.29, 0.717) is 11.4 Å². The van der Waals surface area contributed by atoms with Gasteiger partial charge in [0.1, 0.15) is 0 Å². The zero-order valence-electron chi connectivity index (χ0n) is 15.6. The smallest absolute Gasteiger partial charge is 0.206 e. The van der Waals surface area contributed by atoms with E-state index in [0.717, 1.165) is 0 Å². The number of hydrogen-bond acceptors (Lipinski definition) is 4. The van der Waals surface area contributed by atoms with Crippen LogP contribution in [0.3, 0.4) is 0 Å². The van der Waals surface area contributed by atoms with Gasteiger partial charge in [0.15, 0.2) is 0 Å². The fraction of sp³-hybridized carbons (Fsp3) is 0.222.